The highest BCUT2D eigenvalue weighted by Gasteiger charge is 2.34. The molecule has 0 saturated carbocycles. The lowest BCUT2D eigenvalue weighted by atomic mass is 9.97. The predicted octanol–water partition coefficient (Wildman–Crippen LogP) is 3.28. The Bertz CT molecular complexity index is 571. The van der Waals surface area contributed by atoms with Crippen LogP contribution in [0, 0.1) is 5.92 Å². The van der Waals surface area contributed by atoms with Gasteiger partial charge >= 0.3 is 6.18 Å². The second-order valence-corrected chi connectivity index (χ2v) is 6.17. The normalized spacial score (nSPS) is 17.4. The summed E-state index contributed by atoms with van der Waals surface area (Å²) in [4.78, 5) is 5.23. The van der Waals surface area contributed by atoms with Crippen molar-refractivity contribution >= 4 is 16.5 Å². The van der Waals surface area contributed by atoms with Crippen LogP contribution in [0.1, 0.15) is 17.7 Å². The maximum atomic E-state index is 12.6. The van der Waals surface area contributed by atoms with Gasteiger partial charge in [-0.15, -0.1) is 0 Å². The number of thiazole rings is 1. The predicted molar refractivity (Wildman–Crippen MR) is 74.3 cm³/mol. The van der Waals surface area contributed by atoms with Crippen molar-refractivity contribution in [3.63, 3.8) is 0 Å². The first-order chi connectivity index (χ1) is 10.0. The van der Waals surface area contributed by atoms with Gasteiger partial charge in [-0.3, -0.25) is 4.68 Å². The zero-order valence-corrected chi connectivity index (χ0v) is 12.1. The third-order valence-corrected chi connectivity index (χ3v) is 4.77. The molecule has 114 valence electrons. The third-order valence-electron chi connectivity index (χ3n) is 3.66. The SMILES string of the molecule is FC(F)(F)c1cnc(N2CCC(Cn3cccn3)CC2)s1. The Morgan fingerprint density at radius 3 is 2.62 bits per heavy atom. The highest BCUT2D eigenvalue weighted by molar-refractivity contribution is 7.15. The minimum Gasteiger partial charge on any atom is -0.348 e. The molecule has 0 spiro atoms. The Labute approximate surface area is 124 Å². The van der Waals surface area contributed by atoms with Crippen molar-refractivity contribution in [1.82, 2.24) is 14.8 Å². The van der Waals surface area contributed by atoms with E-state index in [2.05, 4.69) is 10.1 Å². The molecule has 0 radical (unpaired) electrons. The summed E-state index contributed by atoms with van der Waals surface area (Å²) in [5, 5.41) is 4.66. The van der Waals surface area contributed by atoms with Gasteiger partial charge in [-0.2, -0.15) is 18.3 Å². The first-order valence-corrected chi connectivity index (χ1v) is 7.59. The molecule has 2 aromatic heterocycles. The fraction of sp³-hybridized carbons (Fsp3) is 0.538. The lowest BCUT2D eigenvalue weighted by Crippen LogP contribution is -2.35. The zero-order valence-electron chi connectivity index (χ0n) is 11.3. The molecular formula is C13H15F3N4S. The van der Waals surface area contributed by atoms with Crippen molar-refractivity contribution in [3.05, 3.63) is 29.5 Å². The van der Waals surface area contributed by atoms with Crippen LogP contribution in [0.15, 0.2) is 24.7 Å². The number of anilines is 1. The fourth-order valence-electron chi connectivity index (χ4n) is 2.52. The number of hydrogen-bond acceptors (Lipinski definition) is 4. The average molecular weight is 316 g/mol. The second kappa shape index (κ2) is 5.67. The highest BCUT2D eigenvalue weighted by atomic mass is 32.1. The van der Waals surface area contributed by atoms with Crippen LogP contribution in [0.4, 0.5) is 18.3 Å². The summed E-state index contributed by atoms with van der Waals surface area (Å²) in [6.07, 6.45) is 2.21. The van der Waals surface area contributed by atoms with Gasteiger partial charge < -0.3 is 4.90 Å². The lowest BCUT2D eigenvalue weighted by Gasteiger charge is -2.31. The van der Waals surface area contributed by atoms with E-state index in [1.165, 1.54) is 0 Å². The molecule has 0 N–H and O–H groups in total. The van der Waals surface area contributed by atoms with E-state index in [0.29, 0.717) is 11.0 Å². The average Bonchev–Trinajstić information content (AvgIpc) is 3.09. The molecule has 1 fully saturated rings. The van der Waals surface area contributed by atoms with Crippen molar-refractivity contribution in [2.45, 2.75) is 25.6 Å². The second-order valence-electron chi connectivity index (χ2n) is 5.16. The molecule has 0 bridgehead atoms. The van der Waals surface area contributed by atoms with Crippen molar-refractivity contribution < 1.29 is 13.2 Å². The van der Waals surface area contributed by atoms with Crippen LogP contribution in [-0.2, 0) is 12.7 Å². The van der Waals surface area contributed by atoms with Crippen molar-refractivity contribution in [3.8, 4) is 0 Å². The van der Waals surface area contributed by atoms with Crippen LogP contribution in [0.3, 0.4) is 0 Å². The van der Waals surface area contributed by atoms with Gasteiger partial charge in [0.05, 0.1) is 6.20 Å². The van der Waals surface area contributed by atoms with Crippen LogP contribution < -0.4 is 4.90 Å². The zero-order chi connectivity index (χ0) is 14.9. The van der Waals surface area contributed by atoms with Gasteiger partial charge in [0.1, 0.15) is 4.88 Å². The summed E-state index contributed by atoms with van der Waals surface area (Å²) in [5.41, 5.74) is 0. The minimum atomic E-state index is -4.30. The largest absolute Gasteiger partial charge is 0.427 e. The minimum absolute atomic E-state index is 0.472. The van der Waals surface area contributed by atoms with Gasteiger partial charge in [0.2, 0.25) is 0 Å². The van der Waals surface area contributed by atoms with Gasteiger partial charge in [-0.25, -0.2) is 4.98 Å². The molecule has 0 amide bonds. The molecule has 1 saturated heterocycles. The van der Waals surface area contributed by atoms with Crippen molar-refractivity contribution in [1.29, 1.82) is 0 Å². The van der Waals surface area contributed by atoms with Crippen molar-refractivity contribution in [2.24, 2.45) is 5.92 Å². The van der Waals surface area contributed by atoms with Gasteiger partial charge in [0.25, 0.3) is 0 Å². The van der Waals surface area contributed by atoms with Crippen LogP contribution in [0.2, 0.25) is 0 Å². The summed E-state index contributed by atoms with van der Waals surface area (Å²) < 4.78 is 39.7. The van der Waals surface area contributed by atoms with Gasteiger partial charge in [-0.1, -0.05) is 11.3 Å². The van der Waals surface area contributed by atoms with E-state index in [0.717, 1.165) is 50.0 Å². The topological polar surface area (TPSA) is 34.0 Å². The molecule has 0 aliphatic carbocycles. The quantitative estimate of drug-likeness (QED) is 0.871. The molecule has 8 heteroatoms. The number of nitrogens with zero attached hydrogens (tertiary/aromatic N) is 4. The smallest absolute Gasteiger partial charge is 0.348 e. The number of piperidine rings is 1. The molecule has 0 atom stereocenters. The molecule has 3 rings (SSSR count). The number of aromatic nitrogens is 3. The Morgan fingerprint density at radius 2 is 2.05 bits per heavy atom. The Balaban J connectivity index is 1.57. The standard InChI is InChI=1S/C13H15F3N4S/c14-13(15,16)11-8-17-12(21-11)19-6-2-10(3-7-19)9-20-5-1-4-18-20/h1,4-5,8,10H,2-3,6-7,9H2. The molecule has 0 aromatic carbocycles. The lowest BCUT2D eigenvalue weighted by molar-refractivity contribution is -0.134. The first-order valence-electron chi connectivity index (χ1n) is 6.78. The molecule has 2 aromatic rings. The number of hydrogen-bond donors (Lipinski definition) is 0. The van der Waals surface area contributed by atoms with E-state index in [1.54, 1.807) is 6.20 Å². The highest BCUT2D eigenvalue weighted by Crippen LogP contribution is 2.37. The summed E-state index contributed by atoms with van der Waals surface area (Å²) in [5.74, 6) is 0.517. The van der Waals surface area contributed by atoms with Crippen LogP contribution in [0.25, 0.3) is 0 Å². The van der Waals surface area contributed by atoms with Gasteiger partial charge in [0, 0.05) is 32.0 Å². The van der Waals surface area contributed by atoms with E-state index in [4.69, 9.17) is 0 Å². The molecule has 1 aliphatic heterocycles. The first kappa shape index (κ1) is 14.4. The van der Waals surface area contributed by atoms with Gasteiger partial charge in [0.15, 0.2) is 5.13 Å². The number of alkyl halides is 3. The van der Waals surface area contributed by atoms with E-state index in [-0.39, 0.29) is 0 Å². The van der Waals surface area contributed by atoms with Crippen molar-refractivity contribution in [2.75, 3.05) is 18.0 Å². The van der Waals surface area contributed by atoms with Crippen LogP contribution in [-0.4, -0.2) is 27.9 Å². The van der Waals surface area contributed by atoms with E-state index in [9.17, 15) is 13.2 Å². The number of rotatable bonds is 3. The maximum Gasteiger partial charge on any atom is 0.427 e. The maximum absolute atomic E-state index is 12.6. The molecule has 21 heavy (non-hydrogen) atoms. The van der Waals surface area contributed by atoms with E-state index >= 15 is 0 Å². The van der Waals surface area contributed by atoms with Crippen LogP contribution >= 0.6 is 11.3 Å². The molecule has 4 nitrogen and oxygen atoms in total. The van der Waals surface area contributed by atoms with E-state index < -0.39 is 11.1 Å². The third kappa shape index (κ3) is 3.37. The summed E-state index contributed by atoms with van der Waals surface area (Å²) >= 11 is 0.725. The van der Waals surface area contributed by atoms with Gasteiger partial charge in [-0.05, 0) is 24.8 Å². The van der Waals surface area contributed by atoms with E-state index in [1.807, 2.05) is 21.8 Å². The monoisotopic (exact) mass is 316 g/mol. The summed E-state index contributed by atoms with van der Waals surface area (Å²) in [7, 11) is 0. The Morgan fingerprint density at radius 1 is 1.29 bits per heavy atom. The Kier molecular flexibility index (Phi) is 3.88. The summed E-state index contributed by atoms with van der Waals surface area (Å²) in [6.45, 7) is 2.36. The molecular weight excluding hydrogens is 301 g/mol. The summed E-state index contributed by atoms with van der Waals surface area (Å²) in [6, 6.07) is 1.89. The molecule has 3 heterocycles. The molecule has 1 aliphatic rings. The Hall–Kier alpha value is -1.57. The number of halogens is 3. The molecule has 0 unspecified atom stereocenters. The van der Waals surface area contributed by atoms with Crippen LogP contribution in [0.5, 0.6) is 0 Å². The fourth-order valence-corrected chi connectivity index (χ4v) is 3.36.